The summed E-state index contributed by atoms with van der Waals surface area (Å²) in [6.07, 6.45) is 0.619. The first kappa shape index (κ1) is 20.1. The number of fused-ring (bicyclic) bond motifs is 6. The van der Waals surface area contributed by atoms with Gasteiger partial charge in [-0.2, -0.15) is 5.10 Å². The number of rotatable bonds is 3. The third-order valence-electron chi connectivity index (χ3n) is 6.40. The molecule has 1 spiro atoms. The molecular weight excluding hydrogens is 486 g/mol. The van der Waals surface area contributed by atoms with Gasteiger partial charge in [-0.15, -0.1) is 0 Å². The zero-order chi connectivity index (χ0) is 22.7. The maximum atomic E-state index is 13.6. The molecule has 0 unspecified atom stereocenters. The second kappa shape index (κ2) is 7.25. The summed E-state index contributed by atoms with van der Waals surface area (Å²) in [7, 11) is 3.24. The van der Waals surface area contributed by atoms with Gasteiger partial charge in [0.05, 0.1) is 37.2 Å². The zero-order valence-electron chi connectivity index (χ0n) is 18.0. The van der Waals surface area contributed by atoms with Crippen molar-refractivity contribution < 1.29 is 19.0 Å². The molecule has 1 N–H and O–H groups in total. The number of ether oxygens (including phenoxy) is 3. The Morgan fingerprint density at radius 2 is 1.94 bits per heavy atom. The number of hydrazone groups is 1. The van der Waals surface area contributed by atoms with Crippen molar-refractivity contribution in [2.24, 2.45) is 5.10 Å². The van der Waals surface area contributed by atoms with Crippen LogP contribution in [-0.4, -0.2) is 30.8 Å². The SMILES string of the molecule is COc1ccc(C2=NN3[C@@H](C2)c2cccc(OC)c2O[C@]32C(=O)Nc3ccc(Br)cc32)cc1. The number of benzene rings is 3. The van der Waals surface area contributed by atoms with Crippen molar-refractivity contribution in [1.82, 2.24) is 5.01 Å². The van der Waals surface area contributed by atoms with E-state index in [1.165, 1.54) is 0 Å². The molecule has 2 atom stereocenters. The fourth-order valence-corrected chi connectivity index (χ4v) is 5.19. The second-order valence-electron chi connectivity index (χ2n) is 8.11. The van der Waals surface area contributed by atoms with Crippen LogP contribution in [0.1, 0.15) is 29.2 Å². The molecule has 3 aliphatic heterocycles. The van der Waals surface area contributed by atoms with E-state index in [0.717, 1.165) is 27.1 Å². The van der Waals surface area contributed by atoms with Crippen LogP contribution >= 0.6 is 15.9 Å². The van der Waals surface area contributed by atoms with Gasteiger partial charge in [0.15, 0.2) is 11.5 Å². The van der Waals surface area contributed by atoms with Crippen molar-refractivity contribution in [3.05, 3.63) is 81.8 Å². The zero-order valence-corrected chi connectivity index (χ0v) is 19.5. The number of hydrogen-bond acceptors (Lipinski definition) is 6. The van der Waals surface area contributed by atoms with Crippen LogP contribution in [0.5, 0.6) is 17.2 Å². The van der Waals surface area contributed by atoms with Crippen LogP contribution in [0.25, 0.3) is 0 Å². The molecule has 0 fully saturated rings. The summed E-state index contributed by atoms with van der Waals surface area (Å²) < 4.78 is 18.3. The van der Waals surface area contributed by atoms with Crippen molar-refractivity contribution in [3.8, 4) is 17.2 Å². The summed E-state index contributed by atoms with van der Waals surface area (Å²) in [5.41, 5.74) is 2.75. The highest BCUT2D eigenvalue weighted by Crippen LogP contribution is 2.56. The predicted octanol–water partition coefficient (Wildman–Crippen LogP) is 4.81. The van der Waals surface area contributed by atoms with Gasteiger partial charge in [0, 0.05) is 16.5 Å². The van der Waals surface area contributed by atoms with E-state index in [9.17, 15) is 4.79 Å². The molecule has 0 radical (unpaired) electrons. The monoisotopic (exact) mass is 505 g/mol. The van der Waals surface area contributed by atoms with Crippen LogP contribution in [0.2, 0.25) is 0 Å². The molecule has 0 bridgehead atoms. The van der Waals surface area contributed by atoms with Gasteiger partial charge < -0.3 is 19.5 Å². The van der Waals surface area contributed by atoms with Gasteiger partial charge >= 0.3 is 5.72 Å². The highest BCUT2D eigenvalue weighted by Gasteiger charge is 2.61. The van der Waals surface area contributed by atoms with Crippen molar-refractivity contribution >= 4 is 33.2 Å². The Labute approximate surface area is 199 Å². The average Bonchev–Trinajstić information content (AvgIpc) is 3.40. The maximum absolute atomic E-state index is 13.6. The topological polar surface area (TPSA) is 72.4 Å². The quantitative estimate of drug-likeness (QED) is 0.552. The fourth-order valence-electron chi connectivity index (χ4n) is 4.82. The summed E-state index contributed by atoms with van der Waals surface area (Å²) >= 11 is 3.54. The van der Waals surface area contributed by atoms with Gasteiger partial charge in [-0.05, 0) is 54.1 Å². The Kier molecular flexibility index (Phi) is 4.42. The molecule has 3 aliphatic rings. The first-order valence-corrected chi connectivity index (χ1v) is 11.3. The van der Waals surface area contributed by atoms with Crippen LogP contribution < -0.4 is 19.5 Å². The van der Waals surface area contributed by atoms with Gasteiger partial charge in [-0.3, -0.25) is 4.79 Å². The highest BCUT2D eigenvalue weighted by molar-refractivity contribution is 9.10. The maximum Gasteiger partial charge on any atom is 0.306 e. The molecule has 3 heterocycles. The van der Waals surface area contributed by atoms with Crippen LogP contribution in [-0.2, 0) is 10.5 Å². The van der Waals surface area contributed by atoms with Crippen LogP contribution in [0.3, 0.4) is 0 Å². The minimum Gasteiger partial charge on any atom is -0.497 e. The molecule has 3 aromatic carbocycles. The number of carbonyl (C=O) groups is 1. The van der Waals surface area contributed by atoms with E-state index in [4.69, 9.17) is 19.3 Å². The molecule has 0 aromatic heterocycles. The lowest BCUT2D eigenvalue weighted by molar-refractivity contribution is -0.161. The van der Waals surface area contributed by atoms with E-state index in [0.29, 0.717) is 29.2 Å². The van der Waals surface area contributed by atoms with Crippen molar-refractivity contribution in [1.29, 1.82) is 0 Å². The Morgan fingerprint density at radius 3 is 2.70 bits per heavy atom. The third kappa shape index (κ3) is 2.80. The average molecular weight is 506 g/mol. The number of halogens is 1. The Bertz CT molecular complexity index is 1320. The van der Waals surface area contributed by atoms with E-state index in [2.05, 4.69) is 21.2 Å². The molecule has 0 saturated heterocycles. The molecule has 7 nitrogen and oxygen atoms in total. The Morgan fingerprint density at radius 1 is 1.12 bits per heavy atom. The molecule has 166 valence electrons. The summed E-state index contributed by atoms with van der Waals surface area (Å²) in [6.45, 7) is 0. The lowest BCUT2D eigenvalue weighted by Crippen LogP contribution is -2.55. The van der Waals surface area contributed by atoms with Crippen molar-refractivity contribution in [2.45, 2.75) is 18.2 Å². The molecule has 8 heteroatoms. The van der Waals surface area contributed by atoms with Crippen LogP contribution in [0.15, 0.2) is 70.2 Å². The third-order valence-corrected chi connectivity index (χ3v) is 6.89. The number of hydrogen-bond donors (Lipinski definition) is 1. The number of nitrogens with one attached hydrogen (secondary N) is 1. The highest BCUT2D eigenvalue weighted by atomic mass is 79.9. The smallest absolute Gasteiger partial charge is 0.306 e. The standard InChI is InChI=1S/C25H20BrN3O4/c1-31-16-9-6-14(7-10-16)20-13-21-17-4-3-5-22(32-2)23(17)33-25(29(21)28-20)18-12-15(26)8-11-19(18)27-24(25)30/h3-12,21H,13H2,1-2H3,(H,27,30)/t21-,25+/m0/s1. The van der Waals surface area contributed by atoms with E-state index in [-0.39, 0.29) is 11.9 Å². The second-order valence-corrected chi connectivity index (χ2v) is 9.02. The van der Waals surface area contributed by atoms with E-state index in [1.807, 2.05) is 65.7 Å². The number of anilines is 1. The molecule has 0 saturated carbocycles. The molecule has 3 aromatic rings. The van der Waals surface area contributed by atoms with Gasteiger partial charge in [-0.25, -0.2) is 5.01 Å². The van der Waals surface area contributed by atoms with Crippen molar-refractivity contribution in [2.75, 3.05) is 19.5 Å². The van der Waals surface area contributed by atoms with E-state index < -0.39 is 5.72 Å². The van der Waals surface area contributed by atoms with Crippen LogP contribution in [0, 0.1) is 0 Å². The lowest BCUT2D eigenvalue weighted by Gasteiger charge is -2.44. The summed E-state index contributed by atoms with van der Waals surface area (Å²) in [5, 5.41) is 9.76. The largest absolute Gasteiger partial charge is 0.497 e. The number of methoxy groups -OCH3 is 2. The summed E-state index contributed by atoms with van der Waals surface area (Å²) in [6, 6.07) is 19.0. The molecule has 33 heavy (non-hydrogen) atoms. The van der Waals surface area contributed by atoms with Crippen LogP contribution in [0.4, 0.5) is 5.69 Å². The number of amides is 1. The summed E-state index contributed by atoms with van der Waals surface area (Å²) in [5.74, 6) is 1.65. The van der Waals surface area contributed by atoms with Gasteiger partial charge in [0.1, 0.15) is 5.75 Å². The van der Waals surface area contributed by atoms with Crippen molar-refractivity contribution in [3.63, 3.8) is 0 Å². The minimum absolute atomic E-state index is 0.198. The predicted molar refractivity (Wildman–Crippen MR) is 127 cm³/mol. The minimum atomic E-state index is -1.44. The Balaban J connectivity index is 1.56. The molecule has 0 aliphatic carbocycles. The van der Waals surface area contributed by atoms with Gasteiger partial charge in [0.25, 0.3) is 5.91 Å². The number of carbonyl (C=O) groups excluding carboxylic acids is 1. The Hall–Kier alpha value is -3.52. The lowest BCUT2D eigenvalue weighted by atomic mass is 9.92. The first-order valence-electron chi connectivity index (χ1n) is 10.5. The number of para-hydroxylation sites is 1. The normalized spacial score (nSPS) is 22.2. The fraction of sp³-hybridized carbons (Fsp3) is 0.200. The summed E-state index contributed by atoms with van der Waals surface area (Å²) in [4.78, 5) is 13.6. The molecular formula is C25H20BrN3O4. The van der Waals surface area contributed by atoms with Gasteiger partial charge in [-0.1, -0.05) is 28.1 Å². The molecule has 6 rings (SSSR count). The first-order chi connectivity index (χ1) is 16.0. The van der Waals surface area contributed by atoms with E-state index >= 15 is 0 Å². The molecule has 1 amide bonds. The van der Waals surface area contributed by atoms with Gasteiger partial charge in [0.2, 0.25) is 0 Å². The van der Waals surface area contributed by atoms with E-state index in [1.54, 1.807) is 14.2 Å². The number of nitrogens with zero attached hydrogens (tertiary/aromatic N) is 2.